The molecule has 2 aromatic heterocycles. The lowest BCUT2D eigenvalue weighted by Gasteiger charge is -2.04. The number of fused-ring (bicyclic) bond motifs is 1. The molecule has 96 valence electrons. The van der Waals surface area contributed by atoms with Crippen molar-refractivity contribution in [1.29, 1.82) is 0 Å². The van der Waals surface area contributed by atoms with Crippen LogP contribution in [0.5, 0.6) is 0 Å². The zero-order chi connectivity index (χ0) is 13.1. The van der Waals surface area contributed by atoms with Crippen molar-refractivity contribution in [3.63, 3.8) is 0 Å². The van der Waals surface area contributed by atoms with Gasteiger partial charge in [0.1, 0.15) is 0 Å². The van der Waals surface area contributed by atoms with E-state index in [1.807, 2.05) is 6.20 Å². The summed E-state index contributed by atoms with van der Waals surface area (Å²) >= 11 is 1.75. The molecule has 2 heterocycles. The minimum Gasteiger partial charge on any atom is -0.396 e. The zero-order valence-corrected chi connectivity index (χ0v) is 11.4. The molecule has 3 heteroatoms. The molecule has 0 unspecified atom stereocenters. The van der Waals surface area contributed by atoms with Gasteiger partial charge in [-0.3, -0.25) is 4.98 Å². The van der Waals surface area contributed by atoms with Gasteiger partial charge in [0.2, 0.25) is 0 Å². The summed E-state index contributed by atoms with van der Waals surface area (Å²) < 4.78 is 1.29. The van der Waals surface area contributed by atoms with Gasteiger partial charge in [0.25, 0.3) is 0 Å². The van der Waals surface area contributed by atoms with Crippen LogP contribution in [0.2, 0.25) is 0 Å². The molecular formula is C16H15NOS. The Morgan fingerprint density at radius 2 is 1.79 bits per heavy atom. The highest BCUT2D eigenvalue weighted by atomic mass is 32.1. The number of benzene rings is 1. The minimum atomic E-state index is 0.203. The lowest BCUT2D eigenvalue weighted by Crippen LogP contribution is -1.94. The van der Waals surface area contributed by atoms with Crippen molar-refractivity contribution < 1.29 is 5.11 Å². The average Bonchev–Trinajstić information content (AvgIpc) is 2.91. The van der Waals surface area contributed by atoms with Crippen LogP contribution in [0.25, 0.3) is 10.1 Å². The smallest absolute Gasteiger partial charge is 0.0534 e. The van der Waals surface area contributed by atoms with Crippen LogP contribution in [0.1, 0.15) is 16.8 Å². The highest BCUT2D eigenvalue weighted by Crippen LogP contribution is 2.24. The molecule has 19 heavy (non-hydrogen) atoms. The first kappa shape index (κ1) is 12.3. The van der Waals surface area contributed by atoms with E-state index in [0.29, 0.717) is 0 Å². The van der Waals surface area contributed by atoms with Crippen LogP contribution >= 0.6 is 11.3 Å². The second-order valence-electron chi connectivity index (χ2n) is 4.56. The maximum absolute atomic E-state index is 8.91. The molecule has 0 bridgehead atoms. The molecule has 3 aromatic rings. The van der Waals surface area contributed by atoms with E-state index in [1.165, 1.54) is 21.2 Å². The van der Waals surface area contributed by atoms with E-state index < -0.39 is 0 Å². The fourth-order valence-electron chi connectivity index (χ4n) is 2.24. The third-order valence-electron chi connectivity index (χ3n) is 3.26. The highest BCUT2D eigenvalue weighted by Gasteiger charge is 2.04. The molecule has 0 atom stereocenters. The number of aliphatic hydroxyl groups is 1. The van der Waals surface area contributed by atoms with Gasteiger partial charge in [0.15, 0.2) is 0 Å². The Hall–Kier alpha value is -1.71. The average molecular weight is 269 g/mol. The summed E-state index contributed by atoms with van der Waals surface area (Å²) in [6.45, 7) is 0.203. The summed E-state index contributed by atoms with van der Waals surface area (Å²) in [7, 11) is 0. The number of pyridine rings is 1. The molecule has 3 rings (SSSR count). The Bertz CT molecular complexity index is 673. The van der Waals surface area contributed by atoms with Gasteiger partial charge in [0.05, 0.1) is 5.69 Å². The van der Waals surface area contributed by atoms with E-state index in [1.54, 1.807) is 11.3 Å². The number of aliphatic hydroxyl groups excluding tert-OH is 1. The molecule has 0 radical (unpaired) electrons. The first-order chi connectivity index (χ1) is 9.36. The summed E-state index contributed by atoms with van der Waals surface area (Å²) in [6, 6.07) is 12.6. The lowest BCUT2D eigenvalue weighted by molar-refractivity contribution is 0.299. The molecule has 2 nitrogen and oxygen atoms in total. The van der Waals surface area contributed by atoms with Crippen LogP contribution in [0.3, 0.4) is 0 Å². The molecule has 0 amide bonds. The van der Waals surface area contributed by atoms with E-state index in [0.717, 1.165) is 18.5 Å². The van der Waals surface area contributed by atoms with Crippen LogP contribution in [-0.4, -0.2) is 16.7 Å². The largest absolute Gasteiger partial charge is 0.396 e. The topological polar surface area (TPSA) is 33.1 Å². The van der Waals surface area contributed by atoms with Crippen molar-refractivity contribution >= 4 is 21.4 Å². The number of aromatic nitrogens is 1. The maximum Gasteiger partial charge on any atom is 0.0534 e. The van der Waals surface area contributed by atoms with E-state index in [-0.39, 0.29) is 6.61 Å². The Labute approximate surface area is 116 Å². The highest BCUT2D eigenvalue weighted by molar-refractivity contribution is 7.17. The number of hydrogen-bond acceptors (Lipinski definition) is 3. The van der Waals surface area contributed by atoms with Crippen LogP contribution in [0.15, 0.2) is 48.0 Å². The van der Waals surface area contributed by atoms with E-state index in [9.17, 15) is 0 Å². The van der Waals surface area contributed by atoms with Crippen LogP contribution in [-0.2, 0) is 12.8 Å². The maximum atomic E-state index is 8.91. The van der Waals surface area contributed by atoms with Gasteiger partial charge >= 0.3 is 0 Å². The zero-order valence-electron chi connectivity index (χ0n) is 10.5. The van der Waals surface area contributed by atoms with Crippen molar-refractivity contribution in [3.8, 4) is 0 Å². The molecule has 0 saturated carbocycles. The second kappa shape index (κ2) is 5.51. The summed E-state index contributed by atoms with van der Waals surface area (Å²) in [4.78, 5) is 4.50. The van der Waals surface area contributed by atoms with Gasteiger partial charge in [-0.2, -0.15) is 0 Å². The molecule has 0 fully saturated rings. The normalized spacial score (nSPS) is 11.0. The molecule has 0 aliphatic carbocycles. The molecule has 0 spiro atoms. The molecular weight excluding hydrogens is 254 g/mol. The monoisotopic (exact) mass is 269 g/mol. The summed E-state index contributed by atoms with van der Waals surface area (Å²) in [6.07, 6.45) is 3.46. The first-order valence-electron chi connectivity index (χ1n) is 6.36. The number of hydrogen-bond donors (Lipinski definition) is 1. The van der Waals surface area contributed by atoms with Crippen LogP contribution in [0.4, 0.5) is 0 Å². The van der Waals surface area contributed by atoms with Gasteiger partial charge in [-0.25, -0.2) is 0 Å². The molecule has 1 N–H and O–H groups in total. The predicted octanol–water partition coefficient (Wildman–Crippen LogP) is 3.42. The summed E-state index contributed by atoms with van der Waals surface area (Å²) in [5.74, 6) is 0. The van der Waals surface area contributed by atoms with Crippen LogP contribution in [0, 0.1) is 0 Å². The standard InChI is InChI=1S/C16H15NOS/c18-9-6-12-1-3-13(4-2-12)11-15-14-7-10-19-16(14)5-8-17-15/h1-5,7-8,10,18H,6,9,11H2. The Kier molecular flexibility index (Phi) is 3.58. The molecule has 0 aliphatic rings. The first-order valence-corrected chi connectivity index (χ1v) is 7.24. The Balaban J connectivity index is 1.86. The van der Waals surface area contributed by atoms with Crippen molar-refractivity contribution in [2.45, 2.75) is 12.8 Å². The van der Waals surface area contributed by atoms with Gasteiger partial charge in [-0.15, -0.1) is 11.3 Å². The Morgan fingerprint density at radius 1 is 1.00 bits per heavy atom. The third-order valence-corrected chi connectivity index (χ3v) is 4.14. The van der Waals surface area contributed by atoms with Crippen molar-refractivity contribution in [3.05, 3.63) is 64.8 Å². The van der Waals surface area contributed by atoms with Gasteiger partial charge in [-0.05, 0) is 35.1 Å². The number of thiophene rings is 1. The van der Waals surface area contributed by atoms with E-state index in [2.05, 4.69) is 46.8 Å². The van der Waals surface area contributed by atoms with Crippen LogP contribution < -0.4 is 0 Å². The fourth-order valence-corrected chi connectivity index (χ4v) is 3.04. The number of rotatable bonds is 4. The quantitative estimate of drug-likeness (QED) is 0.787. The lowest BCUT2D eigenvalue weighted by atomic mass is 10.0. The molecule has 0 saturated heterocycles. The van der Waals surface area contributed by atoms with E-state index >= 15 is 0 Å². The fraction of sp³-hybridized carbons (Fsp3) is 0.188. The number of nitrogens with zero attached hydrogens (tertiary/aromatic N) is 1. The van der Waals surface area contributed by atoms with Crippen molar-refractivity contribution in [1.82, 2.24) is 4.98 Å². The SMILES string of the molecule is OCCc1ccc(Cc2nccc3sccc23)cc1. The van der Waals surface area contributed by atoms with Crippen molar-refractivity contribution in [2.75, 3.05) is 6.61 Å². The summed E-state index contributed by atoms with van der Waals surface area (Å²) in [5, 5.41) is 12.3. The Morgan fingerprint density at radius 3 is 2.58 bits per heavy atom. The molecule has 0 aliphatic heterocycles. The van der Waals surface area contributed by atoms with E-state index in [4.69, 9.17) is 5.11 Å². The van der Waals surface area contributed by atoms with Crippen molar-refractivity contribution in [2.24, 2.45) is 0 Å². The minimum absolute atomic E-state index is 0.203. The summed E-state index contributed by atoms with van der Waals surface area (Å²) in [5.41, 5.74) is 3.56. The van der Waals surface area contributed by atoms with Gasteiger partial charge in [0, 0.05) is 29.3 Å². The molecule has 1 aromatic carbocycles. The third kappa shape index (κ3) is 2.67. The van der Waals surface area contributed by atoms with Gasteiger partial charge in [-0.1, -0.05) is 24.3 Å². The predicted molar refractivity (Wildman–Crippen MR) is 79.7 cm³/mol. The second-order valence-corrected chi connectivity index (χ2v) is 5.50. The van der Waals surface area contributed by atoms with Gasteiger partial charge < -0.3 is 5.11 Å².